The molecule has 3 aromatic rings. The lowest BCUT2D eigenvalue weighted by molar-refractivity contribution is -0.134. The molecule has 6 atom stereocenters. The van der Waals surface area contributed by atoms with Gasteiger partial charge in [-0.1, -0.05) is 78.9 Å². The zero-order valence-electron chi connectivity index (χ0n) is 21.8. The van der Waals surface area contributed by atoms with Crippen molar-refractivity contribution < 1.29 is 9.53 Å². The predicted molar refractivity (Wildman–Crippen MR) is 147 cm³/mol. The van der Waals surface area contributed by atoms with Crippen LogP contribution in [-0.4, -0.2) is 60.1 Å². The number of carbonyl (C=O) groups is 1. The summed E-state index contributed by atoms with van der Waals surface area (Å²) in [4.78, 5) is 17.3. The van der Waals surface area contributed by atoms with Gasteiger partial charge in [-0.2, -0.15) is 0 Å². The van der Waals surface area contributed by atoms with E-state index >= 15 is 0 Å². The summed E-state index contributed by atoms with van der Waals surface area (Å²) in [6, 6.07) is 31.8. The molecule has 0 saturated carbocycles. The van der Waals surface area contributed by atoms with Gasteiger partial charge in [-0.3, -0.25) is 9.69 Å². The summed E-state index contributed by atoms with van der Waals surface area (Å²) < 4.78 is 5.66. The minimum atomic E-state index is 0.209. The van der Waals surface area contributed by atoms with Gasteiger partial charge in [0.05, 0.1) is 7.11 Å². The number of carbonyl (C=O) groups excluding carboxylic acids is 1. The van der Waals surface area contributed by atoms with Crippen LogP contribution in [-0.2, 0) is 11.3 Å². The van der Waals surface area contributed by atoms with Crippen molar-refractivity contribution in [2.45, 2.75) is 56.4 Å². The lowest BCUT2D eigenvalue weighted by Crippen LogP contribution is -2.66. The molecule has 5 nitrogen and oxygen atoms in total. The maximum absolute atomic E-state index is 12.4. The van der Waals surface area contributed by atoms with Crippen LogP contribution in [0, 0.1) is 5.92 Å². The van der Waals surface area contributed by atoms with Crippen molar-refractivity contribution >= 4 is 5.91 Å². The van der Waals surface area contributed by atoms with E-state index < -0.39 is 0 Å². The highest BCUT2D eigenvalue weighted by Gasteiger charge is 2.56. The average Bonchev–Trinajstić information content (AvgIpc) is 3.06. The third-order valence-corrected chi connectivity index (χ3v) is 8.93. The van der Waals surface area contributed by atoms with Gasteiger partial charge in [0.25, 0.3) is 0 Å². The number of amides is 1. The molecule has 3 aliphatic rings. The summed E-state index contributed by atoms with van der Waals surface area (Å²) in [5.74, 6) is 1.99. The van der Waals surface area contributed by atoms with Crippen molar-refractivity contribution in [3.8, 4) is 5.75 Å². The van der Waals surface area contributed by atoms with Crippen molar-refractivity contribution in [3.05, 3.63) is 102 Å². The number of hydrogen-bond donors (Lipinski definition) is 1. The Bertz CT molecular complexity index is 1180. The fraction of sp³-hybridized carbons (Fsp3) is 0.406. The number of ether oxygens (including phenoxy) is 1. The lowest BCUT2D eigenvalue weighted by Gasteiger charge is -2.53. The molecule has 4 bridgehead atoms. The van der Waals surface area contributed by atoms with Gasteiger partial charge in [0.1, 0.15) is 5.75 Å². The fourth-order valence-electron chi connectivity index (χ4n) is 7.36. The van der Waals surface area contributed by atoms with Gasteiger partial charge in [0.15, 0.2) is 0 Å². The van der Waals surface area contributed by atoms with Crippen LogP contribution in [0.5, 0.6) is 5.75 Å². The molecule has 192 valence electrons. The van der Waals surface area contributed by atoms with Gasteiger partial charge in [-0.15, -0.1) is 0 Å². The summed E-state index contributed by atoms with van der Waals surface area (Å²) in [6.07, 6.45) is 2.30. The summed E-state index contributed by atoms with van der Waals surface area (Å²) >= 11 is 0. The molecule has 0 spiro atoms. The van der Waals surface area contributed by atoms with Gasteiger partial charge in [0.2, 0.25) is 5.91 Å². The number of nitrogens with zero attached hydrogens (tertiary/aromatic N) is 2. The molecule has 0 aromatic heterocycles. The quantitative estimate of drug-likeness (QED) is 0.517. The zero-order valence-corrected chi connectivity index (χ0v) is 21.8. The SMILES string of the molecule is COc1ccccc1CNC1CC2CC3CN(C(C)=O)CC2N3C1C(c1ccccc1)c1ccccc1. The highest BCUT2D eigenvalue weighted by Crippen LogP contribution is 2.49. The van der Waals surface area contributed by atoms with Crippen molar-refractivity contribution in [2.75, 3.05) is 20.2 Å². The maximum atomic E-state index is 12.4. The van der Waals surface area contributed by atoms with Gasteiger partial charge in [-0.25, -0.2) is 0 Å². The molecule has 6 rings (SSSR count). The monoisotopic (exact) mass is 495 g/mol. The Labute approximate surface area is 220 Å². The number of piperazine rings is 1. The Morgan fingerprint density at radius 2 is 1.57 bits per heavy atom. The van der Waals surface area contributed by atoms with Crippen molar-refractivity contribution in [1.29, 1.82) is 0 Å². The van der Waals surface area contributed by atoms with Gasteiger partial charge < -0.3 is 15.0 Å². The van der Waals surface area contributed by atoms with Gasteiger partial charge in [0, 0.05) is 62.2 Å². The van der Waals surface area contributed by atoms with Crippen molar-refractivity contribution in [2.24, 2.45) is 5.92 Å². The van der Waals surface area contributed by atoms with Crippen LogP contribution in [0.2, 0.25) is 0 Å². The Kier molecular flexibility index (Phi) is 6.74. The zero-order chi connectivity index (χ0) is 25.4. The molecule has 3 saturated heterocycles. The molecule has 1 N–H and O–H groups in total. The summed E-state index contributed by atoms with van der Waals surface area (Å²) in [5.41, 5.74) is 3.90. The topological polar surface area (TPSA) is 44.8 Å². The van der Waals surface area contributed by atoms with Crippen LogP contribution >= 0.6 is 0 Å². The van der Waals surface area contributed by atoms with E-state index in [2.05, 4.69) is 87.9 Å². The van der Waals surface area contributed by atoms with Crippen LogP contribution in [0.25, 0.3) is 0 Å². The van der Waals surface area contributed by atoms with Crippen molar-refractivity contribution in [3.63, 3.8) is 0 Å². The number of benzene rings is 3. The summed E-state index contributed by atoms with van der Waals surface area (Å²) in [7, 11) is 1.75. The largest absolute Gasteiger partial charge is 0.496 e. The van der Waals surface area contributed by atoms with Crippen LogP contribution in [0.1, 0.15) is 42.4 Å². The van der Waals surface area contributed by atoms with Gasteiger partial charge in [-0.05, 0) is 36.0 Å². The predicted octanol–water partition coefficient (Wildman–Crippen LogP) is 4.68. The Hall–Kier alpha value is -3.15. The summed E-state index contributed by atoms with van der Waals surface area (Å²) in [5, 5.41) is 4.00. The third kappa shape index (κ3) is 4.55. The average molecular weight is 496 g/mol. The second-order valence-electron chi connectivity index (χ2n) is 10.9. The summed E-state index contributed by atoms with van der Waals surface area (Å²) in [6.45, 7) is 4.19. The first-order chi connectivity index (χ1) is 18.1. The van der Waals surface area contributed by atoms with E-state index in [-0.39, 0.29) is 11.8 Å². The Morgan fingerprint density at radius 3 is 2.22 bits per heavy atom. The second-order valence-corrected chi connectivity index (χ2v) is 10.9. The number of nitrogens with one attached hydrogen (secondary N) is 1. The van der Waals surface area contributed by atoms with E-state index in [4.69, 9.17) is 4.74 Å². The lowest BCUT2D eigenvalue weighted by atomic mass is 9.75. The van der Waals surface area contributed by atoms with Crippen LogP contribution < -0.4 is 10.1 Å². The molecule has 0 aliphatic carbocycles. The van der Waals surface area contributed by atoms with Crippen LogP contribution in [0.15, 0.2) is 84.9 Å². The standard InChI is InChI=1S/C32H37N3O2/c1-22(36)34-20-27-17-26-18-28(33-19-25-15-9-10-16-30(25)37-2)32(35(27)29(26)21-34)31(23-11-5-3-6-12-23)24-13-7-4-8-14-24/h3-16,26-29,31-33H,17-21H2,1-2H3. The van der Waals surface area contributed by atoms with Crippen LogP contribution in [0.4, 0.5) is 0 Å². The molecule has 6 unspecified atom stereocenters. The number of para-hydroxylation sites is 1. The first-order valence-corrected chi connectivity index (χ1v) is 13.6. The van der Waals surface area contributed by atoms with Gasteiger partial charge >= 0.3 is 0 Å². The minimum Gasteiger partial charge on any atom is -0.496 e. The van der Waals surface area contributed by atoms with E-state index in [1.807, 2.05) is 12.1 Å². The number of piperidine rings is 1. The molecule has 3 heterocycles. The number of methoxy groups -OCH3 is 1. The Morgan fingerprint density at radius 1 is 0.919 bits per heavy atom. The smallest absolute Gasteiger partial charge is 0.219 e. The highest BCUT2D eigenvalue weighted by atomic mass is 16.5. The number of rotatable bonds is 7. The normalized spacial score (nSPS) is 28.4. The van der Waals surface area contributed by atoms with Crippen LogP contribution in [0.3, 0.4) is 0 Å². The maximum Gasteiger partial charge on any atom is 0.219 e. The minimum absolute atomic E-state index is 0.209. The molecule has 1 amide bonds. The number of hydrogen-bond acceptors (Lipinski definition) is 4. The van der Waals surface area contributed by atoms with E-state index in [1.54, 1.807) is 14.0 Å². The molecular formula is C32H37N3O2. The molecule has 3 aliphatic heterocycles. The molecular weight excluding hydrogens is 458 g/mol. The molecule has 3 aromatic carbocycles. The van der Waals surface area contributed by atoms with E-state index in [9.17, 15) is 4.79 Å². The molecule has 0 radical (unpaired) electrons. The first-order valence-electron chi connectivity index (χ1n) is 13.6. The van der Waals surface area contributed by atoms with Crippen molar-refractivity contribution in [1.82, 2.24) is 15.1 Å². The highest BCUT2D eigenvalue weighted by molar-refractivity contribution is 5.73. The number of likely N-dealkylation sites (tertiary alicyclic amines) is 1. The molecule has 3 fully saturated rings. The van der Waals surface area contributed by atoms with E-state index in [0.717, 1.165) is 31.8 Å². The molecule has 37 heavy (non-hydrogen) atoms. The van der Waals surface area contributed by atoms with E-state index in [0.29, 0.717) is 30.1 Å². The third-order valence-electron chi connectivity index (χ3n) is 8.93. The Balaban J connectivity index is 1.39. The second kappa shape index (κ2) is 10.3. The van der Waals surface area contributed by atoms with E-state index in [1.165, 1.54) is 23.1 Å². The fourth-order valence-corrected chi connectivity index (χ4v) is 7.36. The first kappa shape index (κ1) is 24.2. The molecule has 5 heteroatoms.